The molecule has 7 N–H and O–H groups in total. The zero-order valence-electron chi connectivity index (χ0n) is 16.8. The number of nitrogens with one attached hydrogen (secondary N) is 3. The summed E-state index contributed by atoms with van der Waals surface area (Å²) in [6.07, 6.45) is -2.02. The molecule has 2 aromatic heterocycles. The van der Waals surface area contributed by atoms with Gasteiger partial charge < -0.3 is 25.9 Å². The van der Waals surface area contributed by atoms with Crippen molar-refractivity contribution in [1.82, 2.24) is 19.7 Å². The maximum atomic E-state index is 14.3. The van der Waals surface area contributed by atoms with Crippen LogP contribution in [0.15, 0.2) is 46.1 Å². The number of aliphatic carboxylic acids is 1. The van der Waals surface area contributed by atoms with Gasteiger partial charge in [-0.1, -0.05) is 6.07 Å². The molecular formula is C20H18FN5O6S. The van der Waals surface area contributed by atoms with E-state index in [-0.39, 0.29) is 38.4 Å². The lowest BCUT2D eigenvalue weighted by molar-refractivity contribution is -0.139. The Balaban J connectivity index is 1.72. The van der Waals surface area contributed by atoms with Gasteiger partial charge in [0.1, 0.15) is 17.2 Å². The average molecular weight is 475 g/mol. The number of hydrogen-bond acceptors (Lipinski definition) is 7. The smallest absolute Gasteiger partial charge is 0.306 e. The third-order valence-electron chi connectivity index (χ3n) is 4.95. The summed E-state index contributed by atoms with van der Waals surface area (Å²) in [6, 6.07) is 8.05. The first-order valence-corrected chi connectivity index (χ1v) is 11.0. The number of aromatic nitrogens is 3. The topological polar surface area (TPSA) is 191 Å². The number of carbonyl (C=O) groups is 1. The van der Waals surface area contributed by atoms with Crippen LogP contribution in [0.1, 0.15) is 6.42 Å². The number of pyridine rings is 1. The molecule has 0 saturated carbocycles. The highest BCUT2D eigenvalue weighted by molar-refractivity contribution is 7.89. The molecule has 1 unspecified atom stereocenters. The molecular weight excluding hydrogens is 457 g/mol. The molecule has 0 amide bonds. The van der Waals surface area contributed by atoms with E-state index in [1.54, 1.807) is 0 Å². The van der Waals surface area contributed by atoms with Gasteiger partial charge in [-0.3, -0.25) is 9.59 Å². The van der Waals surface area contributed by atoms with Gasteiger partial charge in [-0.05, 0) is 30.3 Å². The van der Waals surface area contributed by atoms with Gasteiger partial charge in [-0.15, -0.1) is 0 Å². The van der Waals surface area contributed by atoms with Crippen LogP contribution in [0.5, 0.6) is 0 Å². The highest BCUT2D eigenvalue weighted by atomic mass is 32.2. The molecule has 0 aliphatic heterocycles. The highest BCUT2D eigenvalue weighted by Crippen LogP contribution is 2.30. The minimum Gasteiger partial charge on any atom is -0.481 e. The summed E-state index contributed by atoms with van der Waals surface area (Å²) < 4.78 is 41.5. The standard InChI is InChI=1S/C20H18FN5O6S/c21-11-2-1-3-13-16(11)18(22)17(20(30)26-13)19-24-12-5-4-10(7-14(12)25-19)33(31,32)23-8-9(27)6-15(28)29/h1-5,7,9,23,27H,6,8H2,(H,24,25)(H,28,29)(H3,22,26,30). The third kappa shape index (κ3) is 4.28. The van der Waals surface area contributed by atoms with Crippen molar-refractivity contribution in [3.63, 3.8) is 0 Å². The lowest BCUT2D eigenvalue weighted by Crippen LogP contribution is -2.33. The number of imidazole rings is 1. The predicted molar refractivity (Wildman–Crippen MR) is 117 cm³/mol. The summed E-state index contributed by atoms with van der Waals surface area (Å²) in [6.45, 7) is -0.491. The molecule has 4 rings (SSSR count). The summed E-state index contributed by atoms with van der Waals surface area (Å²) in [5, 5.41) is 18.3. The summed E-state index contributed by atoms with van der Waals surface area (Å²) >= 11 is 0. The van der Waals surface area contributed by atoms with Crippen molar-refractivity contribution < 1.29 is 27.8 Å². The van der Waals surface area contributed by atoms with Gasteiger partial charge >= 0.3 is 5.97 Å². The van der Waals surface area contributed by atoms with E-state index in [9.17, 15) is 27.5 Å². The van der Waals surface area contributed by atoms with E-state index >= 15 is 0 Å². The SMILES string of the molecule is Nc1c(-c2nc3ccc(S(=O)(=O)NCC(O)CC(=O)O)cc3[nH]2)c(=O)[nH]c2cccc(F)c12. The Hall–Kier alpha value is -3.81. The first-order chi connectivity index (χ1) is 15.6. The molecule has 4 aromatic rings. The van der Waals surface area contributed by atoms with Crippen LogP contribution in [-0.4, -0.2) is 52.2 Å². The van der Waals surface area contributed by atoms with Crippen LogP contribution in [-0.2, 0) is 14.8 Å². The van der Waals surface area contributed by atoms with Gasteiger partial charge in [0.2, 0.25) is 10.0 Å². The number of fused-ring (bicyclic) bond motifs is 2. The number of aliphatic hydroxyl groups excluding tert-OH is 1. The number of anilines is 1. The van der Waals surface area contributed by atoms with Crippen LogP contribution in [0.3, 0.4) is 0 Å². The van der Waals surface area contributed by atoms with E-state index in [1.165, 1.54) is 36.4 Å². The largest absolute Gasteiger partial charge is 0.481 e. The van der Waals surface area contributed by atoms with Crippen LogP contribution < -0.4 is 16.0 Å². The van der Waals surface area contributed by atoms with Crippen molar-refractivity contribution in [2.75, 3.05) is 12.3 Å². The number of aromatic amines is 2. The predicted octanol–water partition coefficient (Wildman–Crippen LogP) is 0.907. The first kappa shape index (κ1) is 22.4. The van der Waals surface area contributed by atoms with E-state index in [1.807, 2.05) is 0 Å². The number of nitrogens with zero attached hydrogens (tertiary/aromatic N) is 1. The zero-order valence-corrected chi connectivity index (χ0v) is 17.6. The molecule has 0 saturated heterocycles. The number of carboxylic acid groups (broad SMARTS) is 1. The average Bonchev–Trinajstić information content (AvgIpc) is 3.14. The number of hydrogen-bond donors (Lipinski definition) is 6. The monoisotopic (exact) mass is 475 g/mol. The van der Waals surface area contributed by atoms with Crippen LogP contribution in [0.25, 0.3) is 33.3 Å². The van der Waals surface area contributed by atoms with Gasteiger partial charge in [0.05, 0.1) is 45.0 Å². The summed E-state index contributed by atoms with van der Waals surface area (Å²) in [4.78, 5) is 32.7. The molecule has 2 heterocycles. The van der Waals surface area contributed by atoms with Gasteiger partial charge in [0.25, 0.3) is 5.56 Å². The fraction of sp³-hybridized carbons (Fsp3) is 0.150. The summed E-state index contributed by atoms with van der Waals surface area (Å²) in [7, 11) is -4.08. The fourth-order valence-electron chi connectivity index (χ4n) is 3.41. The quantitative estimate of drug-likeness (QED) is 0.227. The van der Waals surface area contributed by atoms with Crippen molar-refractivity contribution in [2.24, 2.45) is 0 Å². The van der Waals surface area contributed by atoms with Crippen molar-refractivity contribution >= 4 is 43.6 Å². The Bertz CT molecular complexity index is 1560. The lowest BCUT2D eigenvalue weighted by atomic mass is 10.1. The number of sulfonamides is 1. The van der Waals surface area contributed by atoms with Gasteiger partial charge in [0.15, 0.2) is 0 Å². The van der Waals surface area contributed by atoms with Crippen LogP contribution in [0.2, 0.25) is 0 Å². The molecule has 0 aliphatic rings. The van der Waals surface area contributed by atoms with Crippen LogP contribution in [0, 0.1) is 5.82 Å². The Labute approximate surface area is 185 Å². The summed E-state index contributed by atoms with van der Waals surface area (Å²) in [5.74, 6) is -1.87. The lowest BCUT2D eigenvalue weighted by Gasteiger charge is -2.10. The number of H-pyrrole nitrogens is 2. The molecule has 0 bridgehead atoms. The minimum absolute atomic E-state index is 0.0216. The van der Waals surface area contributed by atoms with Crippen molar-refractivity contribution in [2.45, 2.75) is 17.4 Å². The van der Waals surface area contributed by atoms with Crippen molar-refractivity contribution in [3.8, 4) is 11.4 Å². The van der Waals surface area contributed by atoms with Crippen molar-refractivity contribution in [1.29, 1.82) is 0 Å². The second kappa shape index (κ2) is 8.27. The second-order valence-electron chi connectivity index (χ2n) is 7.27. The minimum atomic E-state index is -4.08. The highest BCUT2D eigenvalue weighted by Gasteiger charge is 2.21. The number of rotatable bonds is 7. The Kier molecular flexibility index (Phi) is 5.61. The fourth-order valence-corrected chi connectivity index (χ4v) is 4.51. The summed E-state index contributed by atoms with van der Waals surface area (Å²) in [5.41, 5.74) is 6.07. The molecule has 0 fully saturated rings. The zero-order chi connectivity index (χ0) is 23.9. The van der Waals surface area contributed by atoms with E-state index in [0.717, 1.165) is 0 Å². The number of aliphatic hydroxyl groups is 1. The van der Waals surface area contributed by atoms with Gasteiger partial charge in [-0.2, -0.15) is 0 Å². The van der Waals surface area contributed by atoms with Crippen molar-refractivity contribution in [3.05, 3.63) is 52.6 Å². The second-order valence-corrected chi connectivity index (χ2v) is 9.04. The van der Waals surface area contributed by atoms with Gasteiger partial charge in [0, 0.05) is 6.54 Å². The Morgan fingerprint density at radius 3 is 2.70 bits per heavy atom. The van der Waals surface area contributed by atoms with Crippen LogP contribution >= 0.6 is 0 Å². The maximum absolute atomic E-state index is 14.3. The molecule has 0 aliphatic carbocycles. The molecule has 0 spiro atoms. The molecule has 0 radical (unpaired) electrons. The molecule has 13 heteroatoms. The molecule has 2 aromatic carbocycles. The van der Waals surface area contributed by atoms with E-state index in [2.05, 4.69) is 19.7 Å². The number of halogens is 1. The van der Waals surface area contributed by atoms with E-state index in [4.69, 9.17) is 10.8 Å². The van der Waals surface area contributed by atoms with E-state index in [0.29, 0.717) is 5.52 Å². The molecule has 1 atom stereocenters. The normalized spacial score (nSPS) is 12.9. The Morgan fingerprint density at radius 2 is 1.97 bits per heavy atom. The van der Waals surface area contributed by atoms with Gasteiger partial charge in [-0.25, -0.2) is 22.5 Å². The molecule has 33 heavy (non-hydrogen) atoms. The number of nitrogen functional groups attached to an aromatic ring is 1. The number of carboxylic acids is 1. The molecule has 11 nitrogen and oxygen atoms in total. The molecule has 172 valence electrons. The first-order valence-electron chi connectivity index (χ1n) is 9.56. The van der Waals surface area contributed by atoms with Crippen LogP contribution in [0.4, 0.5) is 10.1 Å². The maximum Gasteiger partial charge on any atom is 0.306 e. The number of benzene rings is 2. The van der Waals surface area contributed by atoms with E-state index < -0.39 is 46.4 Å². The third-order valence-corrected chi connectivity index (χ3v) is 6.37. The Morgan fingerprint density at radius 1 is 1.21 bits per heavy atom. The number of nitrogens with two attached hydrogens (primary N) is 1.